The molecule has 0 aromatic carbocycles. The molecule has 2 heteroatoms. The van der Waals surface area contributed by atoms with Gasteiger partial charge in [-0.1, -0.05) is 27.7 Å². The van der Waals surface area contributed by atoms with Gasteiger partial charge in [-0.05, 0) is 44.2 Å². The van der Waals surface area contributed by atoms with Crippen LogP contribution >= 0.6 is 0 Å². The van der Waals surface area contributed by atoms with Gasteiger partial charge in [-0.15, -0.1) is 0 Å². The molecule has 0 aliphatic carbocycles. The van der Waals surface area contributed by atoms with E-state index in [1.165, 1.54) is 6.42 Å². The number of hydrogen-bond donors (Lipinski definition) is 1. The first kappa shape index (κ1) is 14.9. The van der Waals surface area contributed by atoms with Crippen LogP contribution < -0.4 is 5.32 Å². The van der Waals surface area contributed by atoms with Gasteiger partial charge in [0.2, 0.25) is 0 Å². The zero-order chi connectivity index (χ0) is 11.9. The summed E-state index contributed by atoms with van der Waals surface area (Å²) >= 11 is 0. The summed E-state index contributed by atoms with van der Waals surface area (Å²) in [6.07, 6.45) is 2.70. The van der Waals surface area contributed by atoms with Crippen molar-refractivity contribution in [2.45, 2.75) is 53.6 Å². The number of nitrogens with one attached hydrogen (secondary N) is 1. The summed E-state index contributed by atoms with van der Waals surface area (Å²) in [7, 11) is 1.80. The van der Waals surface area contributed by atoms with Crippen LogP contribution in [0.25, 0.3) is 0 Å². The molecule has 0 heterocycles. The van der Waals surface area contributed by atoms with Gasteiger partial charge in [0, 0.05) is 7.11 Å². The Morgan fingerprint density at radius 3 is 2.27 bits per heavy atom. The van der Waals surface area contributed by atoms with Crippen LogP contribution in [-0.4, -0.2) is 26.3 Å². The highest BCUT2D eigenvalue weighted by molar-refractivity contribution is 4.77. The maximum atomic E-state index is 5.35. The second-order valence-corrected chi connectivity index (χ2v) is 5.55. The molecule has 0 amide bonds. The van der Waals surface area contributed by atoms with E-state index in [1.54, 1.807) is 7.11 Å². The van der Waals surface area contributed by atoms with Gasteiger partial charge in [-0.25, -0.2) is 0 Å². The van der Waals surface area contributed by atoms with E-state index in [1.807, 2.05) is 0 Å². The fourth-order valence-corrected chi connectivity index (χ4v) is 1.69. The lowest BCUT2D eigenvalue weighted by Crippen LogP contribution is -2.34. The van der Waals surface area contributed by atoms with Crippen molar-refractivity contribution in [3.05, 3.63) is 0 Å². The van der Waals surface area contributed by atoms with Crippen LogP contribution in [0.15, 0.2) is 0 Å². The quantitative estimate of drug-likeness (QED) is 0.659. The first-order valence-corrected chi connectivity index (χ1v) is 6.15. The molecule has 0 aromatic rings. The third-order valence-electron chi connectivity index (χ3n) is 3.06. The summed E-state index contributed by atoms with van der Waals surface area (Å²) in [5.74, 6) is 0.680. The Bertz CT molecular complexity index is 151. The molecule has 0 radical (unpaired) electrons. The molecule has 15 heavy (non-hydrogen) atoms. The monoisotopic (exact) mass is 215 g/mol. The second-order valence-electron chi connectivity index (χ2n) is 5.55. The van der Waals surface area contributed by atoms with E-state index in [0.717, 1.165) is 19.5 Å². The Morgan fingerprint density at radius 1 is 1.27 bits per heavy atom. The number of rotatable bonds is 7. The van der Waals surface area contributed by atoms with Crippen molar-refractivity contribution in [3.8, 4) is 0 Å². The molecule has 2 unspecified atom stereocenters. The van der Waals surface area contributed by atoms with E-state index in [2.05, 4.69) is 39.9 Å². The van der Waals surface area contributed by atoms with Gasteiger partial charge >= 0.3 is 0 Å². The predicted octanol–water partition coefficient (Wildman–Crippen LogP) is 3.07. The normalized spacial score (nSPS) is 16.4. The molecule has 2 nitrogen and oxygen atoms in total. The molecule has 0 fully saturated rings. The molecular weight excluding hydrogens is 186 g/mol. The van der Waals surface area contributed by atoms with Crippen molar-refractivity contribution in [1.82, 2.24) is 5.32 Å². The molecular formula is C13H29NO. The van der Waals surface area contributed by atoms with Crippen LogP contribution in [0.1, 0.15) is 47.5 Å². The van der Waals surface area contributed by atoms with Gasteiger partial charge in [-0.3, -0.25) is 0 Å². The lowest BCUT2D eigenvalue weighted by Gasteiger charge is -2.32. The smallest absolute Gasteiger partial charge is 0.0546 e. The zero-order valence-corrected chi connectivity index (χ0v) is 11.4. The Kier molecular flexibility index (Phi) is 7.20. The molecule has 0 saturated carbocycles. The van der Waals surface area contributed by atoms with E-state index in [9.17, 15) is 0 Å². The highest BCUT2D eigenvalue weighted by atomic mass is 16.5. The lowest BCUT2D eigenvalue weighted by molar-refractivity contribution is 0.0697. The van der Waals surface area contributed by atoms with Gasteiger partial charge < -0.3 is 10.1 Å². The van der Waals surface area contributed by atoms with E-state index < -0.39 is 0 Å². The minimum absolute atomic E-state index is 0.355. The van der Waals surface area contributed by atoms with Crippen molar-refractivity contribution < 1.29 is 4.74 Å². The molecule has 0 spiro atoms. The van der Waals surface area contributed by atoms with Crippen LogP contribution in [-0.2, 0) is 4.74 Å². The third-order valence-corrected chi connectivity index (χ3v) is 3.06. The molecule has 0 bridgehead atoms. The van der Waals surface area contributed by atoms with Gasteiger partial charge in [0.05, 0.1) is 6.10 Å². The van der Waals surface area contributed by atoms with Crippen LogP contribution in [0, 0.1) is 11.3 Å². The minimum atomic E-state index is 0.355. The van der Waals surface area contributed by atoms with Crippen molar-refractivity contribution in [3.63, 3.8) is 0 Å². The topological polar surface area (TPSA) is 21.3 Å². The summed E-state index contributed by atoms with van der Waals surface area (Å²) in [6.45, 7) is 13.5. The summed E-state index contributed by atoms with van der Waals surface area (Å²) in [6, 6.07) is 0. The van der Waals surface area contributed by atoms with Gasteiger partial charge in [0.1, 0.15) is 0 Å². The summed E-state index contributed by atoms with van der Waals surface area (Å²) < 4.78 is 5.35. The van der Waals surface area contributed by atoms with E-state index in [0.29, 0.717) is 17.4 Å². The highest BCUT2D eigenvalue weighted by Gasteiger charge is 2.25. The molecule has 0 aromatic heterocycles. The summed E-state index contributed by atoms with van der Waals surface area (Å²) in [5, 5.41) is 3.52. The van der Waals surface area contributed by atoms with Crippen LogP contribution in [0.3, 0.4) is 0 Å². The van der Waals surface area contributed by atoms with Crippen LogP contribution in [0.4, 0.5) is 0 Å². The van der Waals surface area contributed by atoms with Crippen molar-refractivity contribution in [2.24, 2.45) is 11.3 Å². The molecule has 0 rings (SSSR count). The van der Waals surface area contributed by atoms with Crippen LogP contribution in [0.2, 0.25) is 0 Å². The van der Waals surface area contributed by atoms with E-state index in [-0.39, 0.29) is 0 Å². The van der Waals surface area contributed by atoms with Gasteiger partial charge in [-0.2, -0.15) is 0 Å². The maximum Gasteiger partial charge on any atom is 0.0546 e. The Labute approximate surface area is 95.8 Å². The maximum absolute atomic E-state index is 5.35. The van der Waals surface area contributed by atoms with Crippen molar-refractivity contribution >= 4 is 0 Å². The summed E-state index contributed by atoms with van der Waals surface area (Å²) in [5.41, 5.74) is 0.355. The molecule has 2 atom stereocenters. The van der Waals surface area contributed by atoms with E-state index in [4.69, 9.17) is 4.74 Å². The third kappa shape index (κ3) is 6.91. The number of hydrogen-bond acceptors (Lipinski definition) is 2. The average Bonchev–Trinajstić information content (AvgIpc) is 2.14. The minimum Gasteiger partial charge on any atom is -0.382 e. The van der Waals surface area contributed by atoms with E-state index >= 15 is 0 Å². The molecule has 0 aliphatic rings. The van der Waals surface area contributed by atoms with Crippen molar-refractivity contribution in [2.75, 3.05) is 20.2 Å². The SMILES string of the molecule is CCCNCC(CC(C)OC)C(C)(C)C. The Balaban J connectivity index is 4.08. The number of ether oxygens (including phenoxy) is 1. The molecule has 92 valence electrons. The standard InChI is InChI=1S/C13H29NO/c1-7-8-14-10-12(13(3,4)5)9-11(2)15-6/h11-12,14H,7-10H2,1-6H3. The predicted molar refractivity (Wildman–Crippen MR) is 67.2 cm³/mol. The Morgan fingerprint density at radius 2 is 1.87 bits per heavy atom. The fourth-order valence-electron chi connectivity index (χ4n) is 1.69. The molecule has 0 aliphatic heterocycles. The lowest BCUT2D eigenvalue weighted by atomic mass is 9.77. The van der Waals surface area contributed by atoms with Gasteiger partial charge in [0.15, 0.2) is 0 Å². The zero-order valence-electron chi connectivity index (χ0n) is 11.4. The van der Waals surface area contributed by atoms with Gasteiger partial charge in [0.25, 0.3) is 0 Å². The van der Waals surface area contributed by atoms with Crippen molar-refractivity contribution in [1.29, 1.82) is 0 Å². The fraction of sp³-hybridized carbons (Fsp3) is 1.00. The summed E-state index contributed by atoms with van der Waals surface area (Å²) in [4.78, 5) is 0. The Hall–Kier alpha value is -0.0800. The highest BCUT2D eigenvalue weighted by Crippen LogP contribution is 2.29. The first-order chi connectivity index (χ1) is 6.91. The van der Waals surface area contributed by atoms with Crippen LogP contribution in [0.5, 0.6) is 0 Å². The number of methoxy groups -OCH3 is 1. The average molecular weight is 215 g/mol. The molecule has 1 N–H and O–H groups in total. The second kappa shape index (κ2) is 7.24. The first-order valence-electron chi connectivity index (χ1n) is 6.15. The largest absolute Gasteiger partial charge is 0.382 e. The molecule has 0 saturated heterocycles.